The summed E-state index contributed by atoms with van der Waals surface area (Å²) >= 11 is 0. The molecule has 0 unspecified atom stereocenters. The molecule has 0 radical (unpaired) electrons. The van der Waals surface area contributed by atoms with Gasteiger partial charge in [-0.1, -0.05) is 25.1 Å². The van der Waals surface area contributed by atoms with E-state index in [4.69, 9.17) is 0 Å². The molecule has 2 rings (SSSR count). The summed E-state index contributed by atoms with van der Waals surface area (Å²) in [5, 5.41) is 6.64. The first kappa shape index (κ1) is 13.3. The van der Waals surface area contributed by atoms with Gasteiger partial charge in [-0.3, -0.25) is 0 Å². The SMILES string of the molecule is CCNc1ncnc(Nc2ccccc2CC)c1C. The van der Waals surface area contributed by atoms with Gasteiger partial charge in [0.15, 0.2) is 0 Å². The van der Waals surface area contributed by atoms with Crippen LogP contribution in [0.15, 0.2) is 30.6 Å². The van der Waals surface area contributed by atoms with Crippen LogP contribution in [0, 0.1) is 6.92 Å². The van der Waals surface area contributed by atoms with Crippen molar-refractivity contribution < 1.29 is 0 Å². The summed E-state index contributed by atoms with van der Waals surface area (Å²) in [6.07, 6.45) is 2.58. The number of para-hydroxylation sites is 1. The zero-order valence-electron chi connectivity index (χ0n) is 11.7. The minimum absolute atomic E-state index is 0.850. The molecule has 1 aromatic heterocycles. The topological polar surface area (TPSA) is 49.8 Å². The summed E-state index contributed by atoms with van der Waals surface area (Å²) in [5.74, 6) is 1.74. The van der Waals surface area contributed by atoms with Crippen molar-refractivity contribution in [1.29, 1.82) is 0 Å². The van der Waals surface area contributed by atoms with Gasteiger partial charge in [0.25, 0.3) is 0 Å². The van der Waals surface area contributed by atoms with Gasteiger partial charge < -0.3 is 10.6 Å². The van der Waals surface area contributed by atoms with Crippen molar-refractivity contribution in [3.05, 3.63) is 41.7 Å². The van der Waals surface area contributed by atoms with Gasteiger partial charge in [-0.2, -0.15) is 0 Å². The van der Waals surface area contributed by atoms with Crippen LogP contribution in [-0.2, 0) is 6.42 Å². The van der Waals surface area contributed by atoms with E-state index < -0.39 is 0 Å². The summed E-state index contributed by atoms with van der Waals surface area (Å²) in [5.41, 5.74) is 3.43. The van der Waals surface area contributed by atoms with E-state index in [1.54, 1.807) is 6.33 Å². The Balaban J connectivity index is 2.30. The second-order valence-corrected chi connectivity index (χ2v) is 4.36. The number of nitrogens with zero attached hydrogens (tertiary/aromatic N) is 2. The number of hydrogen-bond donors (Lipinski definition) is 2. The number of benzene rings is 1. The molecule has 1 heterocycles. The number of hydrogen-bond acceptors (Lipinski definition) is 4. The number of anilines is 3. The molecule has 0 saturated heterocycles. The van der Waals surface area contributed by atoms with Gasteiger partial charge in [-0.15, -0.1) is 0 Å². The smallest absolute Gasteiger partial charge is 0.138 e. The van der Waals surface area contributed by atoms with Gasteiger partial charge >= 0.3 is 0 Å². The summed E-state index contributed by atoms with van der Waals surface area (Å²) in [7, 11) is 0. The monoisotopic (exact) mass is 256 g/mol. The zero-order chi connectivity index (χ0) is 13.7. The van der Waals surface area contributed by atoms with Crippen molar-refractivity contribution in [3.8, 4) is 0 Å². The fourth-order valence-corrected chi connectivity index (χ4v) is 2.00. The van der Waals surface area contributed by atoms with Crippen molar-refractivity contribution in [3.63, 3.8) is 0 Å². The molecule has 0 aliphatic carbocycles. The van der Waals surface area contributed by atoms with E-state index in [0.29, 0.717) is 0 Å². The third kappa shape index (κ3) is 3.02. The van der Waals surface area contributed by atoms with Crippen LogP contribution in [0.2, 0.25) is 0 Å². The van der Waals surface area contributed by atoms with Crippen LogP contribution in [-0.4, -0.2) is 16.5 Å². The lowest BCUT2D eigenvalue weighted by atomic mass is 10.1. The maximum Gasteiger partial charge on any atom is 0.138 e. The third-order valence-corrected chi connectivity index (χ3v) is 3.08. The van der Waals surface area contributed by atoms with Crippen molar-refractivity contribution in [1.82, 2.24) is 9.97 Å². The second kappa shape index (κ2) is 6.18. The van der Waals surface area contributed by atoms with Gasteiger partial charge in [-0.25, -0.2) is 9.97 Å². The third-order valence-electron chi connectivity index (χ3n) is 3.08. The van der Waals surface area contributed by atoms with Crippen molar-refractivity contribution in [2.75, 3.05) is 17.2 Å². The maximum atomic E-state index is 4.33. The minimum Gasteiger partial charge on any atom is -0.370 e. The fraction of sp³-hybridized carbons (Fsp3) is 0.333. The standard InChI is InChI=1S/C15H20N4/c1-4-12-8-6-7-9-13(12)19-15-11(3)14(16-5-2)17-10-18-15/h6-10H,4-5H2,1-3H3,(H2,16,17,18,19). The lowest BCUT2D eigenvalue weighted by Gasteiger charge is -2.14. The number of rotatable bonds is 5. The first-order valence-corrected chi connectivity index (χ1v) is 6.66. The molecule has 0 fully saturated rings. The number of aryl methyl sites for hydroxylation is 1. The van der Waals surface area contributed by atoms with Gasteiger partial charge in [0, 0.05) is 17.8 Å². The van der Waals surface area contributed by atoms with Crippen molar-refractivity contribution in [2.45, 2.75) is 27.2 Å². The molecule has 19 heavy (non-hydrogen) atoms. The molecule has 2 N–H and O–H groups in total. The molecule has 0 aliphatic rings. The van der Waals surface area contributed by atoms with Crippen molar-refractivity contribution >= 4 is 17.3 Å². The quantitative estimate of drug-likeness (QED) is 0.859. The van der Waals surface area contributed by atoms with Crippen LogP contribution >= 0.6 is 0 Å². The van der Waals surface area contributed by atoms with Crippen LogP contribution < -0.4 is 10.6 Å². The molecule has 0 saturated carbocycles. The Morgan fingerprint density at radius 1 is 1.05 bits per heavy atom. The van der Waals surface area contributed by atoms with E-state index in [2.05, 4.69) is 52.6 Å². The Bertz CT molecular complexity index is 552. The van der Waals surface area contributed by atoms with E-state index in [0.717, 1.165) is 35.9 Å². The second-order valence-electron chi connectivity index (χ2n) is 4.36. The van der Waals surface area contributed by atoms with Crippen LogP contribution in [0.5, 0.6) is 0 Å². The minimum atomic E-state index is 0.850. The van der Waals surface area contributed by atoms with E-state index in [-0.39, 0.29) is 0 Å². The van der Waals surface area contributed by atoms with Gasteiger partial charge in [0.05, 0.1) is 0 Å². The van der Waals surface area contributed by atoms with Crippen LogP contribution in [0.25, 0.3) is 0 Å². The fourth-order valence-electron chi connectivity index (χ4n) is 2.00. The first-order chi connectivity index (χ1) is 9.26. The first-order valence-electron chi connectivity index (χ1n) is 6.66. The Hall–Kier alpha value is -2.10. The Morgan fingerprint density at radius 3 is 2.53 bits per heavy atom. The van der Waals surface area contributed by atoms with Crippen LogP contribution in [0.1, 0.15) is 25.0 Å². The number of aromatic nitrogens is 2. The van der Waals surface area contributed by atoms with Crippen LogP contribution in [0.4, 0.5) is 17.3 Å². The average Bonchev–Trinajstić information content (AvgIpc) is 2.44. The normalized spacial score (nSPS) is 10.3. The molecule has 4 nitrogen and oxygen atoms in total. The van der Waals surface area contributed by atoms with Gasteiger partial charge in [-0.05, 0) is 31.9 Å². The number of nitrogens with one attached hydrogen (secondary N) is 2. The molecular weight excluding hydrogens is 236 g/mol. The maximum absolute atomic E-state index is 4.33. The Morgan fingerprint density at radius 2 is 1.79 bits per heavy atom. The molecule has 0 bridgehead atoms. The van der Waals surface area contributed by atoms with E-state index in [1.165, 1.54) is 5.56 Å². The highest BCUT2D eigenvalue weighted by Crippen LogP contribution is 2.24. The van der Waals surface area contributed by atoms with Crippen molar-refractivity contribution in [2.24, 2.45) is 0 Å². The molecule has 1 aromatic carbocycles. The summed E-state index contributed by atoms with van der Waals surface area (Å²) in [6.45, 7) is 7.08. The highest BCUT2D eigenvalue weighted by atomic mass is 15.1. The highest BCUT2D eigenvalue weighted by molar-refractivity contribution is 5.66. The Labute approximate surface area is 114 Å². The van der Waals surface area contributed by atoms with E-state index >= 15 is 0 Å². The summed E-state index contributed by atoms with van der Waals surface area (Å²) < 4.78 is 0. The molecular formula is C15H20N4. The molecule has 0 atom stereocenters. The largest absolute Gasteiger partial charge is 0.370 e. The predicted octanol–water partition coefficient (Wildman–Crippen LogP) is 3.52. The molecule has 2 aromatic rings. The molecule has 4 heteroatoms. The molecule has 0 spiro atoms. The average molecular weight is 256 g/mol. The van der Waals surface area contributed by atoms with Gasteiger partial charge in [0.1, 0.15) is 18.0 Å². The summed E-state index contributed by atoms with van der Waals surface area (Å²) in [4.78, 5) is 8.58. The van der Waals surface area contributed by atoms with Crippen LogP contribution in [0.3, 0.4) is 0 Å². The summed E-state index contributed by atoms with van der Waals surface area (Å²) in [6, 6.07) is 8.29. The Kier molecular flexibility index (Phi) is 4.34. The predicted molar refractivity (Wildman–Crippen MR) is 80.0 cm³/mol. The van der Waals surface area contributed by atoms with E-state index in [1.807, 2.05) is 13.0 Å². The lowest BCUT2D eigenvalue weighted by Crippen LogP contribution is -2.06. The molecule has 0 aliphatic heterocycles. The van der Waals surface area contributed by atoms with Gasteiger partial charge in [0.2, 0.25) is 0 Å². The lowest BCUT2D eigenvalue weighted by molar-refractivity contribution is 1.08. The molecule has 0 amide bonds. The zero-order valence-corrected chi connectivity index (χ0v) is 11.7. The highest BCUT2D eigenvalue weighted by Gasteiger charge is 2.07. The molecule has 100 valence electrons. The van der Waals surface area contributed by atoms with E-state index in [9.17, 15) is 0 Å².